The van der Waals surface area contributed by atoms with E-state index in [0.717, 1.165) is 16.7 Å². The first-order valence-corrected chi connectivity index (χ1v) is 6.42. The van der Waals surface area contributed by atoms with Gasteiger partial charge in [-0.3, -0.25) is 10.1 Å². The predicted octanol–water partition coefficient (Wildman–Crippen LogP) is 3.41. The molecule has 1 atom stereocenters. The van der Waals surface area contributed by atoms with E-state index in [1.165, 1.54) is 0 Å². The van der Waals surface area contributed by atoms with Gasteiger partial charge in [-0.05, 0) is 30.2 Å². The van der Waals surface area contributed by atoms with E-state index in [4.69, 9.17) is 4.74 Å². The molecule has 0 aliphatic rings. The fraction of sp³-hybridized carbons (Fsp3) is 0.250. The van der Waals surface area contributed by atoms with E-state index in [1.54, 1.807) is 7.11 Å². The number of benzene rings is 2. The van der Waals surface area contributed by atoms with E-state index in [2.05, 4.69) is 0 Å². The third-order valence-electron chi connectivity index (χ3n) is 3.31. The van der Waals surface area contributed by atoms with Gasteiger partial charge in [-0.2, -0.15) is 0 Å². The molecule has 0 saturated heterocycles. The summed E-state index contributed by atoms with van der Waals surface area (Å²) in [5.74, 6) is 0.448. The Morgan fingerprint density at radius 1 is 1.15 bits per heavy atom. The Bertz CT molecular complexity index is 593. The lowest BCUT2D eigenvalue weighted by Gasteiger charge is -2.15. The Kier molecular flexibility index (Phi) is 4.35. The fourth-order valence-corrected chi connectivity index (χ4v) is 2.21. The molecule has 0 spiro atoms. The van der Waals surface area contributed by atoms with E-state index < -0.39 is 0 Å². The van der Waals surface area contributed by atoms with Crippen LogP contribution in [0.5, 0.6) is 5.75 Å². The van der Waals surface area contributed by atoms with Crippen LogP contribution in [0, 0.1) is 17.0 Å². The zero-order valence-electron chi connectivity index (χ0n) is 11.6. The summed E-state index contributed by atoms with van der Waals surface area (Å²) < 4.78 is 5.20. The van der Waals surface area contributed by atoms with E-state index >= 15 is 0 Å². The van der Waals surface area contributed by atoms with Gasteiger partial charge in [0.1, 0.15) is 5.75 Å². The maximum absolute atomic E-state index is 11.0. The predicted molar refractivity (Wildman–Crippen MR) is 77.9 cm³/mol. The summed E-state index contributed by atoms with van der Waals surface area (Å²) in [6.07, 6.45) is 0. The van der Waals surface area contributed by atoms with Crippen molar-refractivity contribution in [2.75, 3.05) is 13.7 Å². The second kappa shape index (κ2) is 6.19. The Morgan fingerprint density at radius 2 is 1.85 bits per heavy atom. The molecule has 0 heterocycles. The molecule has 0 bridgehead atoms. The summed E-state index contributed by atoms with van der Waals surface area (Å²) in [5.41, 5.74) is 2.98. The van der Waals surface area contributed by atoms with Crippen molar-refractivity contribution in [3.8, 4) is 5.75 Å². The minimum absolute atomic E-state index is 0.129. The SMILES string of the molecule is COc1cccc([C@@H](C[N+](=O)[O-])c2ccc(C)cc2)c1. The number of aryl methyl sites for hydroxylation is 1. The van der Waals surface area contributed by atoms with Gasteiger partial charge in [-0.1, -0.05) is 42.0 Å². The molecule has 2 aromatic carbocycles. The van der Waals surface area contributed by atoms with Crippen LogP contribution >= 0.6 is 0 Å². The molecule has 0 fully saturated rings. The number of nitro groups is 1. The van der Waals surface area contributed by atoms with E-state index in [-0.39, 0.29) is 17.4 Å². The van der Waals surface area contributed by atoms with E-state index in [9.17, 15) is 10.1 Å². The molecule has 0 radical (unpaired) electrons. The van der Waals surface area contributed by atoms with Gasteiger partial charge < -0.3 is 4.74 Å². The first-order chi connectivity index (χ1) is 9.60. The van der Waals surface area contributed by atoms with E-state index in [1.807, 2.05) is 55.5 Å². The van der Waals surface area contributed by atoms with Crippen LogP contribution in [0.3, 0.4) is 0 Å². The molecule has 2 rings (SSSR count). The minimum Gasteiger partial charge on any atom is -0.497 e. The third kappa shape index (κ3) is 3.35. The molecule has 0 aliphatic carbocycles. The van der Waals surface area contributed by atoms with Crippen molar-refractivity contribution >= 4 is 0 Å². The molecule has 0 unspecified atom stereocenters. The molecule has 0 amide bonds. The largest absolute Gasteiger partial charge is 0.497 e. The van der Waals surface area contributed by atoms with Gasteiger partial charge in [0.25, 0.3) is 0 Å². The quantitative estimate of drug-likeness (QED) is 0.618. The van der Waals surface area contributed by atoms with Crippen LogP contribution in [-0.2, 0) is 0 Å². The summed E-state index contributed by atoms with van der Waals surface area (Å²) in [7, 11) is 1.59. The smallest absolute Gasteiger partial charge is 0.214 e. The zero-order chi connectivity index (χ0) is 14.5. The maximum atomic E-state index is 11.0. The van der Waals surface area contributed by atoms with Crippen LogP contribution in [0.1, 0.15) is 22.6 Å². The van der Waals surface area contributed by atoms with Gasteiger partial charge in [-0.15, -0.1) is 0 Å². The number of hydrogen-bond donors (Lipinski definition) is 0. The van der Waals surface area contributed by atoms with Crippen molar-refractivity contribution in [2.45, 2.75) is 12.8 Å². The lowest BCUT2D eigenvalue weighted by atomic mass is 9.91. The van der Waals surface area contributed by atoms with Crippen LogP contribution in [0.15, 0.2) is 48.5 Å². The van der Waals surface area contributed by atoms with Gasteiger partial charge in [0.15, 0.2) is 0 Å². The monoisotopic (exact) mass is 271 g/mol. The third-order valence-corrected chi connectivity index (χ3v) is 3.31. The molecule has 0 saturated carbocycles. The van der Waals surface area contributed by atoms with Crippen molar-refractivity contribution in [1.29, 1.82) is 0 Å². The molecular weight excluding hydrogens is 254 g/mol. The number of hydrogen-bond acceptors (Lipinski definition) is 3. The Balaban J connectivity index is 2.40. The molecule has 0 N–H and O–H groups in total. The summed E-state index contributed by atoms with van der Waals surface area (Å²) in [6.45, 7) is 1.87. The first kappa shape index (κ1) is 14.1. The summed E-state index contributed by atoms with van der Waals surface area (Å²) >= 11 is 0. The first-order valence-electron chi connectivity index (χ1n) is 6.42. The topological polar surface area (TPSA) is 52.4 Å². The Labute approximate surface area is 118 Å². The van der Waals surface area contributed by atoms with Crippen molar-refractivity contribution < 1.29 is 9.66 Å². The highest BCUT2D eigenvalue weighted by molar-refractivity contribution is 5.38. The molecule has 4 nitrogen and oxygen atoms in total. The lowest BCUT2D eigenvalue weighted by molar-refractivity contribution is -0.481. The van der Waals surface area contributed by atoms with E-state index in [0.29, 0.717) is 5.75 Å². The highest BCUT2D eigenvalue weighted by atomic mass is 16.6. The summed E-state index contributed by atoms with van der Waals surface area (Å²) in [5, 5.41) is 11.0. The van der Waals surface area contributed by atoms with Crippen LogP contribution in [0.25, 0.3) is 0 Å². The molecule has 20 heavy (non-hydrogen) atoms. The normalized spacial score (nSPS) is 11.9. The van der Waals surface area contributed by atoms with Crippen LogP contribution in [0.4, 0.5) is 0 Å². The van der Waals surface area contributed by atoms with Crippen molar-refractivity contribution in [1.82, 2.24) is 0 Å². The second-order valence-corrected chi connectivity index (χ2v) is 4.76. The summed E-state index contributed by atoms with van der Waals surface area (Å²) in [6, 6.07) is 15.3. The Morgan fingerprint density at radius 3 is 2.45 bits per heavy atom. The number of rotatable bonds is 5. The van der Waals surface area contributed by atoms with Gasteiger partial charge >= 0.3 is 0 Å². The molecule has 0 aromatic heterocycles. The molecule has 2 aromatic rings. The van der Waals surface area contributed by atoms with Crippen molar-refractivity contribution in [3.05, 3.63) is 75.3 Å². The van der Waals surface area contributed by atoms with Gasteiger partial charge in [-0.25, -0.2) is 0 Å². The van der Waals surface area contributed by atoms with Crippen LogP contribution in [0.2, 0.25) is 0 Å². The standard InChI is InChI=1S/C16H17NO3/c1-12-6-8-13(9-7-12)16(11-17(18)19)14-4-3-5-15(10-14)20-2/h3-10,16H,11H2,1-2H3/t16-/m0/s1. The fourth-order valence-electron chi connectivity index (χ4n) is 2.21. The van der Waals surface area contributed by atoms with Crippen LogP contribution in [-0.4, -0.2) is 18.6 Å². The molecule has 104 valence electrons. The zero-order valence-corrected chi connectivity index (χ0v) is 11.6. The van der Waals surface area contributed by atoms with Gasteiger partial charge in [0.2, 0.25) is 6.54 Å². The number of nitrogens with zero attached hydrogens (tertiary/aromatic N) is 1. The number of ether oxygens (including phenoxy) is 1. The lowest BCUT2D eigenvalue weighted by Crippen LogP contribution is -2.14. The van der Waals surface area contributed by atoms with Crippen molar-refractivity contribution in [3.63, 3.8) is 0 Å². The second-order valence-electron chi connectivity index (χ2n) is 4.76. The maximum Gasteiger partial charge on any atom is 0.214 e. The summed E-state index contributed by atoms with van der Waals surface area (Å²) in [4.78, 5) is 10.7. The molecule has 0 aliphatic heterocycles. The minimum atomic E-state index is -0.274. The highest BCUT2D eigenvalue weighted by Crippen LogP contribution is 2.27. The average Bonchev–Trinajstić information content (AvgIpc) is 2.46. The Hall–Kier alpha value is -2.36. The van der Waals surface area contributed by atoms with Crippen LogP contribution < -0.4 is 4.74 Å². The number of methoxy groups -OCH3 is 1. The highest BCUT2D eigenvalue weighted by Gasteiger charge is 2.20. The molecule has 4 heteroatoms. The van der Waals surface area contributed by atoms with Crippen molar-refractivity contribution in [2.24, 2.45) is 0 Å². The van der Waals surface area contributed by atoms with Gasteiger partial charge in [0, 0.05) is 4.92 Å². The van der Waals surface area contributed by atoms with Gasteiger partial charge in [0.05, 0.1) is 13.0 Å². The average molecular weight is 271 g/mol. The molecular formula is C16H17NO3.